The average molecular weight is 260 g/mol. The van der Waals surface area contributed by atoms with Crippen molar-refractivity contribution < 1.29 is 4.79 Å². The fourth-order valence-electron chi connectivity index (χ4n) is 3.10. The summed E-state index contributed by atoms with van der Waals surface area (Å²) in [5.41, 5.74) is 6.84. The Morgan fingerprint density at radius 2 is 1.74 bits per heavy atom. The average Bonchev–Trinajstić information content (AvgIpc) is 2.72. The van der Waals surface area contributed by atoms with Gasteiger partial charge in [0.2, 0.25) is 5.91 Å². The van der Waals surface area contributed by atoms with E-state index in [2.05, 4.69) is 29.6 Å². The van der Waals surface area contributed by atoms with E-state index in [1.807, 2.05) is 6.07 Å². The summed E-state index contributed by atoms with van der Waals surface area (Å²) in [5, 5.41) is 3.01. The number of hydrogen-bond donors (Lipinski definition) is 2. The van der Waals surface area contributed by atoms with Crippen LogP contribution in [0.4, 0.5) is 0 Å². The smallest absolute Gasteiger partial charge is 0.233 e. The predicted octanol–water partition coefficient (Wildman–Crippen LogP) is 2.35. The van der Waals surface area contributed by atoms with Gasteiger partial charge in [-0.3, -0.25) is 4.79 Å². The second-order valence-corrected chi connectivity index (χ2v) is 5.54. The zero-order chi connectivity index (χ0) is 13.6. The molecule has 2 rings (SSSR count). The van der Waals surface area contributed by atoms with Crippen molar-refractivity contribution in [2.24, 2.45) is 5.73 Å². The minimum Gasteiger partial charge on any atom is -0.354 e. The van der Waals surface area contributed by atoms with E-state index < -0.39 is 0 Å². The highest BCUT2D eigenvalue weighted by Crippen LogP contribution is 2.37. The van der Waals surface area contributed by atoms with Gasteiger partial charge < -0.3 is 11.1 Å². The number of carbonyl (C=O) groups is 1. The third-order valence-corrected chi connectivity index (χ3v) is 4.26. The Morgan fingerprint density at radius 3 is 2.32 bits per heavy atom. The number of nitrogens with two attached hydrogens (primary N) is 1. The first-order valence-electron chi connectivity index (χ1n) is 7.29. The summed E-state index contributed by atoms with van der Waals surface area (Å²) < 4.78 is 0. The molecule has 1 aromatic carbocycles. The highest BCUT2D eigenvalue weighted by Gasteiger charge is 2.32. The summed E-state index contributed by atoms with van der Waals surface area (Å²) in [5.74, 6) is -0.0560. The van der Waals surface area contributed by atoms with Crippen molar-refractivity contribution in [2.45, 2.75) is 43.9 Å². The molecule has 1 aliphatic carbocycles. The summed E-state index contributed by atoms with van der Waals surface area (Å²) in [6, 6.07) is 10.6. The lowest BCUT2D eigenvalue weighted by Crippen LogP contribution is -2.42. The lowest BCUT2D eigenvalue weighted by Gasteiger charge is -2.33. The number of benzene rings is 1. The highest BCUT2D eigenvalue weighted by atomic mass is 16.1. The van der Waals surface area contributed by atoms with E-state index in [1.165, 1.54) is 31.2 Å². The molecule has 0 unspecified atom stereocenters. The standard InChI is InChI=1S/C16H24N2O/c17-12-15(19)18-13-16(10-6-1-2-7-11-16)14-8-4-3-5-9-14/h3-5,8-9H,1-2,6-7,10-13,17H2,(H,18,19). The Labute approximate surface area is 115 Å². The summed E-state index contributed by atoms with van der Waals surface area (Å²) in [6.45, 7) is 0.790. The molecule has 104 valence electrons. The molecule has 1 aromatic rings. The number of amides is 1. The molecule has 3 N–H and O–H groups in total. The molecule has 3 heteroatoms. The molecule has 0 heterocycles. The molecule has 1 aliphatic rings. The van der Waals surface area contributed by atoms with Crippen molar-refractivity contribution in [1.82, 2.24) is 5.32 Å². The van der Waals surface area contributed by atoms with Crippen LogP contribution in [0.1, 0.15) is 44.1 Å². The number of rotatable bonds is 4. The van der Waals surface area contributed by atoms with Crippen molar-refractivity contribution >= 4 is 5.91 Å². The van der Waals surface area contributed by atoms with Crippen LogP contribution in [0.15, 0.2) is 30.3 Å². The second-order valence-electron chi connectivity index (χ2n) is 5.54. The third kappa shape index (κ3) is 3.57. The molecule has 1 fully saturated rings. The summed E-state index contributed by atoms with van der Waals surface area (Å²) in [4.78, 5) is 11.5. The van der Waals surface area contributed by atoms with Crippen LogP contribution in [0.5, 0.6) is 0 Å². The second kappa shape index (κ2) is 6.71. The van der Waals surface area contributed by atoms with E-state index in [0.717, 1.165) is 12.8 Å². The minimum atomic E-state index is -0.0560. The summed E-state index contributed by atoms with van der Waals surface area (Å²) >= 11 is 0. The van der Waals surface area contributed by atoms with Crippen molar-refractivity contribution in [2.75, 3.05) is 13.1 Å². The predicted molar refractivity (Wildman–Crippen MR) is 77.9 cm³/mol. The number of nitrogens with one attached hydrogen (secondary N) is 1. The molecule has 0 atom stereocenters. The molecule has 3 nitrogen and oxygen atoms in total. The first kappa shape index (κ1) is 14.1. The number of carbonyl (C=O) groups excluding carboxylic acids is 1. The lowest BCUT2D eigenvalue weighted by molar-refractivity contribution is -0.120. The molecule has 0 aliphatic heterocycles. The van der Waals surface area contributed by atoms with Crippen molar-refractivity contribution in [3.05, 3.63) is 35.9 Å². The van der Waals surface area contributed by atoms with E-state index in [4.69, 9.17) is 5.73 Å². The van der Waals surface area contributed by atoms with Gasteiger partial charge in [-0.1, -0.05) is 56.0 Å². The molecule has 1 saturated carbocycles. The number of hydrogen-bond acceptors (Lipinski definition) is 2. The van der Waals surface area contributed by atoms with Crippen molar-refractivity contribution in [1.29, 1.82) is 0 Å². The van der Waals surface area contributed by atoms with Crippen LogP contribution in [0.3, 0.4) is 0 Å². The van der Waals surface area contributed by atoms with Crippen LogP contribution >= 0.6 is 0 Å². The molecule has 0 aromatic heterocycles. The van der Waals surface area contributed by atoms with Crippen LogP contribution in [-0.4, -0.2) is 19.0 Å². The van der Waals surface area contributed by atoms with Gasteiger partial charge in [-0.05, 0) is 18.4 Å². The van der Waals surface area contributed by atoms with Gasteiger partial charge in [0.05, 0.1) is 6.54 Å². The zero-order valence-electron chi connectivity index (χ0n) is 11.5. The van der Waals surface area contributed by atoms with Gasteiger partial charge in [0.25, 0.3) is 0 Å². The summed E-state index contributed by atoms with van der Waals surface area (Å²) in [6.07, 6.45) is 7.41. The van der Waals surface area contributed by atoms with Gasteiger partial charge in [0, 0.05) is 12.0 Å². The van der Waals surface area contributed by atoms with Crippen molar-refractivity contribution in [3.63, 3.8) is 0 Å². The maximum absolute atomic E-state index is 11.5. The molecule has 0 spiro atoms. The van der Waals surface area contributed by atoms with Crippen molar-refractivity contribution in [3.8, 4) is 0 Å². The SMILES string of the molecule is NCC(=O)NCC1(c2ccccc2)CCCCCC1. The first-order valence-corrected chi connectivity index (χ1v) is 7.29. The van der Waals surface area contributed by atoms with Gasteiger partial charge in [0.1, 0.15) is 0 Å². The lowest BCUT2D eigenvalue weighted by atomic mass is 9.74. The molecule has 0 radical (unpaired) electrons. The molecule has 0 saturated heterocycles. The van der Waals surface area contributed by atoms with Crippen LogP contribution in [0.25, 0.3) is 0 Å². The Hall–Kier alpha value is -1.35. The maximum Gasteiger partial charge on any atom is 0.233 e. The Morgan fingerprint density at radius 1 is 1.11 bits per heavy atom. The Bertz CT molecular complexity index is 394. The maximum atomic E-state index is 11.5. The fourth-order valence-corrected chi connectivity index (χ4v) is 3.10. The normalized spacial score (nSPS) is 18.6. The van der Waals surface area contributed by atoms with Crippen LogP contribution in [-0.2, 0) is 10.2 Å². The molecule has 0 bridgehead atoms. The Kier molecular flexibility index (Phi) is 4.97. The van der Waals surface area contributed by atoms with E-state index in [9.17, 15) is 4.79 Å². The van der Waals surface area contributed by atoms with Gasteiger partial charge >= 0.3 is 0 Å². The first-order chi connectivity index (χ1) is 9.27. The Balaban J connectivity index is 2.19. The quantitative estimate of drug-likeness (QED) is 0.817. The zero-order valence-corrected chi connectivity index (χ0v) is 11.5. The highest BCUT2D eigenvalue weighted by molar-refractivity contribution is 5.77. The van der Waals surface area contributed by atoms with Gasteiger partial charge in [-0.15, -0.1) is 0 Å². The van der Waals surface area contributed by atoms with E-state index in [-0.39, 0.29) is 17.9 Å². The van der Waals surface area contributed by atoms with Crippen LogP contribution in [0, 0.1) is 0 Å². The van der Waals surface area contributed by atoms with E-state index >= 15 is 0 Å². The fraction of sp³-hybridized carbons (Fsp3) is 0.562. The molecular formula is C16H24N2O. The minimum absolute atomic E-state index is 0.0560. The topological polar surface area (TPSA) is 55.1 Å². The van der Waals surface area contributed by atoms with E-state index in [0.29, 0.717) is 6.54 Å². The van der Waals surface area contributed by atoms with Crippen LogP contribution < -0.4 is 11.1 Å². The van der Waals surface area contributed by atoms with E-state index in [1.54, 1.807) is 0 Å². The third-order valence-electron chi connectivity index (χ3n) is 4.26. The van der Waals surface area contributed by atoms with Gasteiger partial charge in [-0.25, -0.2) is 0 Å². The largest absolute Gasteiger partial charge is 0.354 e. The molecular weight excluding hydrogens is 236 g/mol. The van der Waals surface area contributed by atoms with Gasteiger partial charge in [0.15, 0.2) is 0 Å². The molecule has 1 amide bonds. The molecule has 19 heavy (non-hydrogen) atoms. The monoisotopic (exact) mass is 260 g/mol. The van der Waals surface area contributed by atoms with Gasteiger partial charge in [-0.2, -0.15) is 0 Å². The van der Waals surface area contributed by atoms with Crippen LogP contribution in [0.2, 0.25) is 0 Å². The summed E-state index contributed by atoms with van der Waals surface area (Å²) in [7, 11) is 0.